The predicted molar refractivity (Wildman–Crippen MR) is 102 cm³/mol. The molecule has 0 aliphatic rings. The molecule has 0 spiro atoms. The SMILES string of the molecule is Nc1cncc(-c2ccc(C(=O)NCCn3nnc4ccccc43)cc2)n1. The summed E-state index contributed by atoms with van der Waals surface area (Å²) in [5.41, 5.74) is 9.52. The number of carbonyl (C=O) groups excluding carboxylic acids is 1. The van der Waals surface area contributed by atoms with Crippen molar-refractivity contribution in [2.75, 3.05) is 12.3 Å². The third-order valence-corrected chi connectivity index (χ3v) is 4.13. The number of hydrogen-bond acceptors (Lipinski definition) is 6. The number of fused-ring (bicyclic) bond motifs is 1. The Balaban J connectivity index is 1.38. The summed E-state index contributed by atoms with van der Waals surface area (Å²) in [5.74, 6) is 0.208. The largest absolute Gasteiger partial charge is 0.382 e. The highest BCUT2D eigenvalue weighted by Crippen LogP contribution is 2.17. The number of benzene rings is 2. The average Bonchev–Trinajstić information content (AvgIpc) is 3.11. The van der Waals surface area contributed by atoms with Crippen LogP contribution in [0.5, 0.6) is 0 Å². The Labute approximate surface area is 155 Å². The maximum Gasteiger partial charge on any atom is 0.251 e. The molecular formula is C19H17N7O. The van der Waals surface area contributed by atoms with Gasteiger partial charge in [0.2, 0.25) is 0 Å². The summed E-state index contributed by atoms with van der Waals surface area (Å²) in [6.45, 7) is 0.998. The molecular weight excluding hydrogens is 342 g/mol. The standard InChI is InChI=1S/C19H17N7O/c20-18-12-21-11-16(23-18)13-5-7-14(8-6-13)19(27)22-9-10-26-17-4-2-1-3-15(17)24-25-26/h1-8,11-12H,9-10H2,(H2,20,23)(H,22,27). The second kappa shape index (κ2) is 7.20. The molecule has 0 aliphatic heterocycles. The van der Waals surface area contributed by atoms with Gasteiger partial charge < -0.3 is 11.1 Å². The van der Waals surface area contributed by atoms with Crippen LogP contribution in [0.2, 0.25) is 0 Å². The lowest BCUT2D eigenvalue weighted by atomic mass is 10.1. The minimum absolute atomic E-state index is 0.148. The molecule has 134 valence electrons. The van der Waals surface area contributed by atoms with E-state index in [9.17, 15) is 4.79 Å². The van der Waals surface area contributed by atoms with Crippen LogP contribution in [0.3, 0.4) is 0 Å². The maximum absolute atomic E-state index is 12.3. The molecule has 0 fully saturated rings. The molecule has 3 N–H and O–H groups in total. The van der Waals surface area contributed by atoms with Crippen molar-refractivity contribution in [1.82, 2.24) is 30.3 Å². The van der Waals surface area contributed by atoms with E-state index in [1.54, 1.807) is 23.0 Å². The second-order valence-electron chi connectivity index (χ2n) is 5.96. The number of nitrogens with one attached hydrogen (secondary N) is 1. The summed E-state index contributed by atoms with van der Waals surface area (Å²) in [5, 5.41) is 11.1. The van der Waals surface area contributed by atoms with Gasteiger partial charge in [0.25, 0.3) is 5.91 Å². The molecule has 27 heavy (non-hydrogen) atoms. The van der Waals surface area contributed by atoms with E-state index < -0.39 is 0 Å². The van der Waals surface area contributed by atoms with Gasteiger partial charge in [0, 0.05) is 17.7 Å². The molecule has 1 amide bonds. The molecule has 0 saturated heterocycles. The molecule has 0 aliphatic carbocycles. The average molecular weight is 359 g/mol. The maximum atomic E-state index is 12.3. The van der Waals surface area contributed by atoms with Gasteiger partial charge in [-0.1, -0.05) is 29.5 Å². The Hall–Kier alpha value is -3.81. The quantitative estimate of drug-likeness (QED) is 0.563. The summed E-state index contributed by atoms with van der Waals surface area (Å²) < 4.78 is 1.77. The van der Waals surface area contributed by atoms with Crippen LogP contribution < -0.4 is 11.1 Å². The van der Waals surface area contributed by atoms with Gasteiger partial charge in [0.15, 0.2) is 0 Å². The van der Waals surface area contributed by atoms with E-state index in [-0.39, 0.29) is 5.91 Å². The number of carbonyl (C=O) groups is 1. The van der Waals surface area contributed by atoms with Crippen LogP contribution in [0.4, 0.5) is 5.82 Å². The van der Waals surface area contributed by atoms with E-state index >= 15 is 0 Å². The summed E-state index contributed by atoms with van der Waals surface area (Å²) >= 11 is 0. The van der Waals surface area contributed by atoms with Gasteiger partial charge in [-0.05, 0) is 24.3 Å². The van der Waals surface area contributed by atoms with E-state index in [0.717, 1.165) is 16.6 Å². The molecule has 0 bridgehead atoms. The van der Waals surface area contributed by atoms with Gasteiger partial charge in [-0.3, -0.25) is 9.78 Å². The first-order valence-electron chi connectivity index (χ1n) is 8.45. The molecule has 2 aromatic carbocycles. The first-order chi connectivity index (χ1) is 13.2. The molecule has 4 rings (SSSR count). The number of rotatable bonds is 5. The van der Waals surface area contributed by atoms with Crippen LogP contribution in [0, 0.1) is 0 Å². The lowest BCUT2D eigenvalue weighted by Gasteiger charge is -2.07. The molecule has 2 aromatic heterocycles. The fourth-order valence-corrected chi connectivity index (χ4v) is 2.77. The Bertz CT molecular complexity index is 1090. The Morgan fingerprint density at radius 3 is 2.70 bits per heavy atom. The number of anilines is 1. The minimum Gasteiger partial charge on any atom is -0.382 e. The lowest BCUT2D eigenvalue weighted by Crippen LogP contribution is -2.27. The van der Waals surface area contributed by atoms with Gasteiger partial charge in [0.1, 0.15) is 11.3 Å². The van der Waals surface area contributed by atoms with Crippen LogP contribution in [0.25, 0.3) is 22.3 Å². The van der Waals surface area contributed by atoms with Crippen LogP contribution in [0.1, 0.15) is 10.4 Å². The molecule has 8 nitrogen and oxygen atoms in total. The van der Waals surface area contributed by atoms with Gasteiger partial charge in [-0.2, -0.15) is 0 Å². The van der Waals surface area contributed by atoms with Crippen molar-refractivity contribution in [3.05, 3.63) is 66.5 Å². The first-order valence-corrected chi connectivity index (χ1v) is 8.45. The fourth-order valence-electron chi connectivity index (χ4n) is 2.77. The van der Waals surface area contributed by atoms with E-state index in [1.165, 1.54) is 6.20 Å². The topological polar surface area (TPSA) is 112 Å². The van der Waals surface area contributed by atoms with E-state index in [4.69, 9.17) is 5.73 Å². The van der Waals surface area contributed by atoms with Crippen molar-refractivity contribution in [3.63, 3.8) is 0 Å². The van der Waals surface area contributed by atoms with Gasteiger partial charge in [-0.15, -0.1) is 5.10 Å². The highest BCUT2D eigenvalue weighted by Gasteiger charge is 2.08. The van der Waals surface area contributed by atoms with E-state index in [1.807, 2.05) is 36.4 Å². The third-order valence-electron chi connectivity index (χ3n) is 4.13. The fraction of sp³-hybridized carbons (Fsp3) is 0.105. The summed E-state index contributed by atoms with van der Waals surface area (Å²) in [7, 11) is 0. The number of amides is 1. The Morgan fingerprint density at radius 2 is 1.89 bits per heavy atom. The molecule has 0 unspecified atom stereocenters. The number of nitrogen functional groups attached to an aromatic ring is 1. The highest BCUT2D eigenvalue weighted by molar-refractivity contribution is 5.94. The second-order valence-corrected chi connectivity index (χ2v) is 5.96. The van der Waals surface area contributed by atoms with Crippen molar-refractivity contribution in [2.45, 2.75) is 6.54 Å². The normalized spacial score (nSPS) is 10.8. The van der Waals surface area contributed by atoms with Crippen molar-refractivity contribution in [3.8, 4) is 11.3 Å². The number of aromatic nitrogens is 5. The van der Waals surface area contributed by atoms with Crippen molar-refractivity contribution >= 4 is 22.8 Å². The van der Waals surface area contributed by atoms with E-state index in [2.05, 4.69) is 25.6 Å². The van der Waals surface area contributed by atoms with Gasteiger partial charge in [0.05, 0.1) is 30.1 Å². The monoisotopic (exact) mass is 359 g/mol. The van der Waals surface area contributed by atoms with Crippen molar-refractivity contribution in [2.24, 2.45) is 0 Å². The molecule has 0 atom stereocenters. The number of nitrogens with zero attached hydrogens (tertiary/aromatic N) is 5. The molecule has 4 aromatic rings. The zero-order valence-corrected chi connectivity index (χ0v) is 14.4. The Morgan fingerprint density at radius 1 is 1.07 bits per heavy atom. The summed E-state index contributed by atoms with van der Waals surface area (Å²) in [6, 6.07) is 14.9. The third kappa shape index (κ3) is 3.59. The van der Waals surface area contributed by atoms with E-state index in [0.29, 0.717) is 30.2 Å². The van der Waals surface area contributed by atoms with Crippen LogP contribution in [0.15, 0.2) is 60.9 Å². The molecule has 0 radical (unpaired) electrons. The molecule has 2 heterocycles. The summed E-state index contributed by atoms with van der Waals surface area (Å²) in [4.78, 5) is 20.6. The van der Waals surface area contributed by atoms with Crippen LogP contribution in [-0.2, 0) is 6.54 Å². The lowest BCUT2D eigenvalue weighted by molar-refractivity contribution is 0.0952. The molecule has 8 heteroatoms. The van der Waals surface area contributed by atoms with Crippen LogP contribution in [-0.4, -0.2) is 37.4 Å². The highest BCUT2D eigenvalue weighted by atomic mass is 16.1. The minimum atomic E-state index is -0.148. The summed E-state index contributed by atoms with van der Waals surface area (Å²) in [6.07, 6.45) is 3.12. The number of nitrogens with two attached hydrogens (primary N) is 1. The van der Waals surface area contributed by atoms with Gasteiger partial charge in [-0.25, -0.2) is 9.67 Å². The number of para-hydroxylation sites is 1. The van der Waals surface area contributed by atoms with Crippen molar-refractivity contribution < 1.29 is 4.79 Å². The Kier molecular flexibility index (Phi) is 4.44. The van der Waals surface area contributed by atoms with Crippen molar-refractivity contribution in [1.29, 1.82) is 0 Å². The zero-order chi connectivity index (χ0) is 18.6. The smallest absolute Gasteiger partial charge is 0.251 e. The predicted octanol–water partition coefficient (Wildman–Crippen LogP) is 1.90. The first kappa shape index (κ1) is 16.6. The van der Waals surface area contributed by atoms with Gasteiger partial charge >= 0.3 is 0 Å². The molecule has 0 saturated carbocycles. The number of hydrogen-bond donors (Lipinski definition) is 2. The van der Waals surface area contributed by atoms with Crippen LogP contribution >= 0.6 is 0 Å². The zero-order valence-electron chi connectivity index (χ0n) is 14.4.